The van der Waals surface area contributed by atoms with Gasteiger partial charge in [-0.1, -0.05) is 18.2 Å². The Morgan fingerprint density at radius 3 is 2.44 bits per heavy atom. The van der Waals surface area contributed by atoms with E-state index < -0.39 is 41.9 Å². The molecule has 7 fully saturated rings. The number of piperazine rings is 1. The van der Waals surface area contributed by atoms with Gasteiger partial charge in [0.15, 0.2) is 0 Å². The van der Waals surface area contributed by atoms with Crippen LogP contribution in [0.2, 0.25) is 0 Å². The summed E-state index contributed by atoms with van der Waals surface area (Å²) in [5, 5.41) is 22.0. The Morgan fingerprint density at radius 2 is 1.69 bits per heavy atom. The number of likely N-dealkylation sites (tertiary alicyclic amines) is 1. The van der Waals surface area contributed by atoms with E-state index in [0.29, 0.717) is 68.8 Å². The predicted molar refractivity (Wildman–Crippen MR) is 247 cm³/mol. The number of benzene rings is 2. The Kier molecular flexibility index (Phi) is 11.9. The number of amides is 5. The molecule has 4 aliphatic carbocycles. The number of alkyl halides is 3. The number of carbonyl (C=O) groups is 5. The smallest absolute Gasteiger partial charge is 0.405 e. The number of imide groups is 2. The van der Waals surface area contributed by atoms with Gasteiger partial charge in [0.05, 0.1) is 29.6 Å². The lowest BCUT2D eigenvalue weighted by molar-refractivity contribution is -0.274. The average molecular weight is 982 g/mol. The fourth-order valence-corrected chi connectivity index (χ4v) is 14.1. The van der Waals surface area contributed by atoms with Crippen LogP contribution >= 0.6 is 0 Å². The number of nitriles is 1. The van der Waals surface area contributed by atoms with Crippen LogP contribution in [0.1, 0.15) is 89.6 Å². The van der Waals surface area contributed by atoms with Gasteiger partial charge in [-0.2, -0.15) is 10.2 Å². The van der Waals surface area contributed by atoms with Crippen LogP contribution in [0.5, 0.6) is 5.75 Å². The van der Waals surface area contributed by atoms with Crippen molar-refractivity contribution in [2.24, 2.45) is 34.5 Å². The Bertz CT molecular complexity index is 2720. The van der Waals surface area contributed by atoms with E-state index in [4.69, 9.17) is 0 Å². The zero-order chi connectivity index (χ0) is 49.4. The molecule has 7 unspecified atom stereocenters. The number of rotatable bonds is 14. The summed E-state index contributed by atoms with van der Waals surface area (Å²) in [7, 11) is 0. The summed E-state index contributed by atoms with van der Waals surface area (Å²) in [6, 6.07) is 9.53. The average Bonchev–Trinajstić information content (AvgIpc) is 3.82. The minimum absolute atomic E-state index is 0.00176. The summed E-state index contributed by atoms with van der Waals surface area (Å²) in [5.74, 6) is -1.04. The van der Waals surface area contributed by atoms with Gasteiger partial charge >= 0.3 is 6.36 Å². The molecule has 71 heavy (non-hydrogen) atoms. The number of ether oxygens (including phenoxy) is 1. The molecule has 0 radical (unpaired) electrons. The molecule has 17 nitrogen and oxygen atoms in total. The lowest BCUT2D eigenvalue weighted by atomic mass is 9.52. The Labute approximate surface area is 407 Å². The van der Waals surface area contributed by atoms with Crippen molar-refractivity contribution < 1.29 is 46.3 Å². The van der Waals surface area contributed by atoms with Gasteiger partial charge < -0.3 is 25.6 Å². The van der Waals surface area contributed by atoms with Crippen LogP contribution in [0.15, 0.2) is 42.6 Å². The van der Waals surface area contributed by atoms with Crippen molar-refractivity contribution in [2.75, 3.05) is 74.4 Å². The molecule has 3 saturated heterocycles. The molecule has 1 spiro atoms. The zero-order valence-electron chi connectivity index (χ0n) is 39.0. The van der Waals surface area contributed by atoms with Crippen molar-refractivity contribution in [3.8, 4) is 11.8 Å². The molecule has 8 aliphatic rings. The van der Waals surface area contributed by atoms with Crippen molar-refractivity contribution in [2.45, 2.75) is 82.8 Å². The number of halogens is 4. The van der Waals surface area contributed by atoms with E-state index in [0.717, 1.165) is 69.1 Å². The number of para-hydroxylation sites is 1. The lowest BCUT2D eigenvalue weighted by Gasteiger charge is -2.56. The summed E-state index contributed by atoms with van der Waals surface area (Å²) in [6.07, 6.45) is 3.91. The summed E-state index contributed by atoms with van der Waals surface area (Å²) in [4.78, 5) is 80.5. The molecule has 1 aromatic heterocycles. The molecular formula is C50H55F4N11O6. The summed E-state index contributed by atoms with van der Waals surface area (Å²) in [6.45, 7) is 5.95. The maximum absolute atomic E-state index is 15.5. The van der Waals surface area contributed by atoms with E-state index in [2.05, 4.69) is 51.8 Å². The van der Waals surface area contributed by atoms with Crippen LogP contribution in [0, 0.1) is 51.6 Å². The van der Waals surface area contributed by atoms with Gasteiger partial charge in [0.2, 0.25) is 23.7 Å². The molecule has 5 heterocycles. The van der Waals surface area contributed by atoms with Crippen LogP contribution in [0.25, 0.3) is 0 Å². The fourth-order valence-electron chi connectivity index (χ4n) is 14.1. The molecule has 4 N–H and O–H groups in total. The van der Waals surface area contributed by atoms with Crippen LogP contribution < -0.4 is 30.9 Å². The highest BCUT2D eigenvalue weighted by Crippen LogP contribution is 2.78. The third kappa shape index (κ3) is 8.80. The van der Waals surface area contributed by atoms with E-state index in [1.165, 1.54) is 36.9 Å². The van der Waals surface area contributed by atoms with Gasteiger partial charge in [0.1, 0.15) is 35.1 Å². The predicted octanol–water partition coefficient (Wildman–Crippen LogP) is 4.66. The number of aromatic nitrogens is 2. The first-order valence-corrected chi connectivity index (χ1v) is 24.7. The number of piperidine rings is 2. The Morgan fingerprint density at radius 1 is 0.930 bits per heavy atom. The van der Waals surface area contributed by atoms with Gasteiger partial charge in [0, 0.05) is 63.8 Å². The van der Waals surface area contributed by atoms with Gasteiger partial charge in [-0.25, -0.2) is 9.37 Å². The molecule has 3 bridgehead atoms. The van der Waals surface area contributed by atoms with Crippen molar-refractivity contribution in [1.82, 2.24) is 35.3 Å². The van der Waals surface area contributed by atoms with E-state index in [9.17, 15) is 42.4 Å². The molecule has 4 aliphatic heterocycles. The van der Waals surface area contributed by atoms with Crippen LogP contribution in [-0.4, -0.2) is 132 Å². The molecule has 3 aromatic rings. The number of nitrogens with one attached hydrogen (secondary N) is 4. The molecular weight excluding hydrogens is 927 g/mol. The molecule has 21 heteroatoms. The maximum Gasteiger partial charge on any atom is 0.573 e. The van der Waals surface area contributed by atoms with Crippen molar-refractivity contribution in [3.05, 3.63) is 70.7 Å². The zero-order valence-corrected chi connectivity index (χ0v) is 39.0. The first-order chi connectivity index (χ1) is 34.1. The molecule has 5 amide bonds. The van der Waals surface area contributed by atoms with E-state index in [1.54, 1.807) is 6.07 Å². The summed E-state index contributed by atoms with van der Waals surface area (Å²) < 4.78 is 58.7. The number of carbonyl (C=O) groups excluding carboxylic acids is 5. The van der Waals surface area contributed by atoms with E-state index >= 15 is 4.39 Å². The van der Waals surface area contributed by atoms with Crippen LogP contribution in [0.3, 0.4) is 0 Å². The van der Waals surface area contributed by atoms with Crippen LogP contribution in [-0.2, 0) is 20.9 Å². The monoisotopic (exact) mass is 981 g/mol. The standard InChI is InChI=1S/C50H55F4N11O6/c51-36-16-32-33(46(70)65(45(32)69)37-5-6-40(66)60-44(37)68)17-38(36)64-13-11-63(12-14-64)24-28-7-9-62(10-8-28)25-41(67)59-42-34-15-29-18-48(20-35(42)49(34,19-29)26-48)27-58-43-31(21-55)23-57-47(61-43)56-22-30-3-1-2-4-39(30)71-50(52,53)54/h1-4,16-17,23,28-29,34-35,37,42H,5-15,18-20,22,24-27H2,(H,59,67)(H,60,66,68)(H2,56,57,58,61). The van der Waals surface area contributed by atoms with Crippen molar-refractivity contribution in [3.63, 3.8) is 0 Å². The topological polar surface area (TPSA) is 205 Å². The highest BCUT2D eigenvalue weighted by molar-refractivity contribution is 6.23. The number of hydrogen-bond donors (Lipinski definition) is 4. The Balaban J connectivity index is 0.635. The van der Waals surface area contributed by atoms with Crippen LogP contribution in [0.4, 0.5) is 35.0 Å². The second-order valence-corrected chi connectivity index (χ2v) is 21.2. The van der Waals surface area contributed by atoms with E-state index in [1.807, 2.05) is 4.90 Å². The highest BCUT2D eigenvalue weighted by Gasteiger charge is 2.75. The molecule has 2 aromatic carbocycles. The lowest BCUT2D eigenvalue weighted by Crippen LogP contribution is -2.63. The third-order valence-electron chi connectivity index (χ3n) is 17.0. The maximum atomic E-state index is 15.5. The second kappa shape index (κ2) is 18.0. The van der Waals surface area contributed by atoms with Crippen molar-refractivity contribution in [1.29, 1.82) is 5.26 Å². The van der Waals surface area contributed by atoms with Gasteiger partial charge in [-0.3, -0.25) is 44.0 Å². The van der Waals surface area contributed by atoms with Gasteiger partial charge in [-0.15, -0.1) is 13.2 Å². The number of fused-ring (bicyclic) bond motifs is 3. The molecule has 7 atom stereocenters. The summed E-state index contributed by atoms with van der Waals surface area (Å²) in [5.41, 5.74) is 0.958. The summed E-state index contributed by atoms with van der Waals surface area (Å²) >= 11 is 0. The fraction of sp³-hybridized carbons (Fsp3) is 0.560. The number of anilines is 3. The van der Waals surface area contributed by atoms with Gasteiger partial charge in [0.25, 0.3) is 11.8 Å². The highest BCUT2D eigenvalue weighted by atomic mass is 19.4. The second-order valence-electron chi connectivity index (χ2n) is 21.2. The normalized spacial score (nSPS) is 29.4. The third-order valence-corrected chi connectivity index (χ3v) is 17.0. The minimum Gasteiger partial charge on any atom is -0.405 e. The number of hydrogen-bond acceptors (Lipinski definition) is 14. The van der Waals surface area contributed by atoms with Gasteiger partial charge in [-0.05, 0) is 117 Å². The quantitative estimate of drug-likeness (QED) is 0.128. The molecule has 374 valence electrons. The van der Waals surface area contributed by atoms with Crippen molar-refractivity contribution >= 4 is 47.0 Å². The van der Waals surface area contributed by atoms with E-state index in [-0.39, 0.29) is 81.8 Å². The SMILES string of the molecule is N#Cc1cnc(NCc2ccccc2OC(F)(F)F)nc1NCC12CC3CC4C(NC(=O)CN5CCC(CN6CCN(c7cc8c(cc7F)C(=O)N(C7CCC(=O)NC7=O)C8=O)CC6)CC5)C(C1)C4(C3)C2. The Hall–Kier alpha value is -6.40. The number of nitrogens with zero attached hydrogens (tertiary/aromatic N) is 7. The molecule has 4 saturated carbocycles. The minimum atomic E-state index is -4.84. The first kappa shape index (κ1) is 47.0. The molecule has 11 rings (SSSR count). The largest absolute Gasteiger partial charge is 0.573 e. The first-order valence-electron chi connectivity index (χ1n) is 24.7.